The van der Waals surface area contributed by atoms with Crippen LogP contribution in [0.3, 0.4) is 0 Å². The second kappa shape index (κ2) is 6.57. The maximum atomic E-state index is 12.1. The Hall–Kier alpha value is -2.09. The van der Waals surface area contributed by atoms with Crippen molar-refractivity contribution >= 4 is 27.5 Å². The standard InChI is InChI=1S/C15H21N3O4S/c1-11(15(20)17(2)3)16-14(19)12-5-7-13(8-6-12)18-9-4-10-23(18,21)22/h5-8,11H,4,9-10H2,1-3H3,(H,16,19). The van der Waals surface area contributed by atoms with Gasteiger partial charge < -0.3 is 10.2 Å². The lowest BCUT2D eigenvalue weighted by atomic mass is 10.1. The first-order chi connectivity index (χ1) is 10.7. The van der Waals surface area contributed by atoms with E-state index in [0.717, 1.165) is 0 Å². The number of hydrogen-bond acceptors (Lipinski definition) is 4. The van der Waals surface area contributed by atoms with Gasteiger partial charge in [0.2, 0.25) is 15.9 Å². The third-order valence-corrected chi connectivity index (χ3v) is 5.55. The van der Waals surface area contributed by atoms with E-state index < -0.39 is 16.1 Å². The van der Waals surface area contributed by atoms with Gasteiger partial charge in [-0.05, 0) is 37.6 Å². The fraction of sp³-hybridized carbons (Fsp3) is 0.467. The molecule has 1 aromatic rings. The first-order valence-electron chi connectivity index (χ1n) is 7.35. The topological polar surface area (TPSA) is 86.8 Å². The Labute approximate surface area is 136 Å². The third-order valence-electron chi connectivity index (χ3n) is 3.68. The Morgan fingerprint density at radius 3 is 2.30 bits per heavy atom. The largest absolute Gasteiger partial charge is 0.347 e. The fourth-order valence-corrected chi connectivity index (χ4v) is 4.00. The van der Waals surface area contributed by atoms with E-state index in [1.807, 2.05) is 0 Å². The SMILES string of the molecule is CC(NC(=O)c1ccc(N2CCCS2(=O)=O)cc1)C(=O)N(C)C. The van der Waals surface area contributed by atoms with Gasteiger partial charge >= 0.3 is 0 Å². The van der Waals surface area contributed by atoms with Crippen LogP contribution in [0.2, 0.25) is 0 Å². The highest BCUT2D eigenvalue weighted by Gasteiger charge is 2.28. The van der Waals surface area contributed by atoms with Gasteiger partial charge in [0.05, 0.1) is 11.4 Å². The van der Waals surface area contributed by atoms with Crippen LogP contribution >= 0.6 is 0 Å². The lowest BCUT2D eigenvalue weighted by Crippen LogP contribution is -2.44. The number of likely N-dealkylation sites (N-methyl/N-ethyl adjacent to an activating group) is 1. The van der Waals surface area contributed by atoms with Gasteiger partial charge in [-0.25, -0.2) is 8.42 Å². The molecular weight excluding hydrogens is 318 g/mol. The molecule has 1 aliphatic heterocycles. The van der Waals surface area contributed by atoms with Crippen molar-refractivity contribution < 1.29 is 18.0 Å². The monoisotopic (exact) mass is 339 g/mol. The van der Waals surface area contributed by atoms with Gasteiger partial charge in [-0.15, -0.1) is 0 Å². The summed E-state index contributed by atoms with van der Waals surface area (Å²) in [4.78, 5) is 25.3. The van der Waals surface area contributed by atoms with E-state index >= 15 is 0 Å². The number of nitrogens with zero attached hydrogens (tertiary/aromatic N) is 2. The van der Waals surface area contributed by atoms with Crippen molar-refractivity contribution in [3.63, 3.8) is 0 Å². The number of rotatable bonds is 4. The summed E-state index contributed by atoms with van der Waals surface area (Å²) in [6.45, 7) is 2.08. The molecule has 0 bridgehead atoms. The molecule has 0 aromatic heterocycles. The highest BCUT2D eigenvalue weighted by Crippen LogP contribution is 2.24. The molecule has 23 heavy (non-hydrogen) atoms. The first-order valence-corrected chi connectivity index (χ1v) is 8.96. The Balaban J connectivity index is 2.08. The van der Waals surface area contributed by atoms with Gasteiger partial charge in [-0.2, -0.15) is 0 Å². The Kier molecular flexibility index (Phi) is 4.93. The average molecular weight is 339 g/mol. The van der Waals surface area contributed by atoms with Crippen LogP contribution in [-0.2, 0) is 14.8 Å². The molecule has 0 radical (unpaired) electrons. The lowest BCUT2D eigenvalue weighted by molar-refractivity contribution is -0.130. The molecule has 126 valence electrons. The zero-order chi connectivity index (χ0) is 17.2. The Morgan fingerprint density at radius 2 is 1.83 bits per heavy atom. The molecule has 2 rings (SSSR count). The van der Waals surface area contributed by atoms with Crippen LogP contribution in [0.1, 0.15) is 23.7 Å². The van der Waals surface area contributed by atoms with Gasteiger partial charge in [0.25, 0.3) is 5.91 Å². The van der Waals surface area contributed by atoms with E-state index in [1.165, 1.54) is 9.21 Å². The van der Waals surface area contributed by atoms with Gasteiger partial charge in [-0.1, -0.05) is 0 Å². The fourth-order valence-electron chi connectivity index (χ4n) is 2.44. The normalized spacial score (nSPS) is 17.6. The molecule has 1 aromatic carbocycles. The van der Waals surface area contributed by atoms with E-state index in [1.54, 1.807) is 45.3 Å². The van der Waals surface area contributed by atoms with E-state index in [9.17, 15) is 18.0 Å². The predicted octanol–water partition coefficient (Wildman–Crippen LogP) is 0.433. The average Bonchev–Trinajstić information content (AvgIpc) is 2.85. The van der Waals surface area contributed by atoms with Crippen LogP contribution in [0.15, 0.2) is 24.3 Å². The quantitative estimate of drug-likeness (QED) is 0.862. The summed E-state index contributed by atoms with van der Waals surface area (Å²) in [7, 11) is 0.0122. The molecule has 1 N–H and O–H groups in total. The number of nitrogens with one attached hydrogen (secondary N) is 1. The molecule has 1 unspecified atom stereocenters. The number of carbonyl (C=O) groups excluding carboxylic acids is 2. The third kappa shape index (κ3) is 3.82. The summed E-state index contributed by atoms with van der Waals surface area (Å²) in [5, 5.41) is 2.62. The van der Waals surface area contributed by atoms with Crippen LogP contribution in [0, 0.1) is 0 Å². The molecule has 8 heteroatoms. The van der Waals surface area contributed by atoms with Crippen LogP contribution in [0.5, 0.6) is 0 Å². The molecule has 1 atom stereocenters. The summed E-state index contributed by atoms with van der Waals surface area (Å²) >= 11 is 0. The zero-order valence-corrected chi connectivity index (χ0v) is 14.3. The van der Waals surface area contributed by atoms with Crippen LogP contribution in [0.4, 0.5) is 5.69 Å². The van der Waals surface area contributed by atoms with Crippen LogP contribution < -0.4 is 9.62 Å². The van der Waals surface area contributed by atoms with Crippen molar-refractivity contribution in [3.05, 3.63) is 29.8 Å². The van der Waals surface area contributed by atoms with E-state index in [-0.39, 0.29) is 17.6 Å². The molecule has 2 amide bonds. The maximum Gasteiger partial charge on any atom is 0.251 e. The molecule has 1 fully saturated rings. The van der Waals surface area contributed by atoms with E-state index in [2.05, 4.69) is 5.32 Å². The minimum absolute atomic E-state index is 0.152. The highest BCUT2D eigenvalue weighted by molar-refractivity contribution is 7.93. The van der Waals surface area contributed by atoms with Crippen molar-refractivity contribution in [1.29, 1.82) is 0 Å². The minimum Gasteiger partial charge on any atom is -0.347 e. The molecule has 1 heterocycles. The van der Waals surface area contributed by atoms with Crippen molar-refractivity contribution in [1.82, 2.24) is 10.2 Å². The number of anilines is 1. The molecule has 1 aliphatic rings. The second-order valence-electron chi connectivity index (χ2n) is 5.72. The van der Waals surface area contributed by atoms with Crippen LogP contribution in [0.25, 0.3) is 0 Å². The number of amides is 2. The second-order valence-corrected chi connectivity index (χ2v) is 7.73. The smallest absolute Gasteiger partial charge is 0.251 e. The number of carbonyl (C=O) groups is 2. The highest BCUT2D eigenvalue weighted by atomic mass is 32.2. The van der Waals surface area contributed by atoms with E-state index in [0.29, 0.717) is 24.2 Å². The minimum atomic E-state index is -3.23. The van der Waals surface area contributed by atoms with Gasteiger partial charge in [0, 0.05) is 26.2 Å². The zero-order valence-electron chi connectivity index (χ0n) is 13.4. The molecule has 0 spiro atoms. The molecular formula is C15H21N3O4S. The summed E-state index contributed by atoms with van der Waals surface area (Å²) in [6.07, 6.45) is 0.606. The number of benzene rings is 1. The molecule has 0 aliphatic carbocycles. The van der Waals surface area contributed by atoms with Gasteiger partial charge in [0.15, 0.2) is 0 Å². The van der Waals surface area contributed by atoms with Crippen LogP contribution in [-0.4, -0.2) is 57.6 Å². The summed E-state index contributed by atoms with van der Waals surface area (Å²) in [5.74, 6) is -0.416. The van der Waals surface area contributed by atoms with Crippen molar-refractivity contribution in [2.24, 2.45) is 0 Å². The van der Waals surface area contributed by atoms with Crippen molar-refractivity contribution in [2.45, 2.75) is 19.4 Å². The Morgan fingerprint density at radius 1 is 1.22 bits per heavy atom. The number of hydrogen-bond donors (Lipinski definition) is 1. The molecule has 0 saturated carbocycles. The first kappa shape index (κ1) is 17.3. The number of sulfonamides is 1. The van der Waals surface area contributed by atoms with Crippen molar-refractivity contribution in [2.75, 3.05) is 30.7 Å². The van der Waals surface area contributed by atoms with Crippen molar-refractivity contribution in [3.8, 4) is 0 Å². The maximum absolute atomic E-state index is 12.1. The summed E-state index contributed by atoms with van der Waals surface area (Å²) in [5.41, 5.74) is 0.931. The lowest BCUT2D eigenvalue weighted by Gasteiger charge is -2.19. The Bertz CT molecular complexity index is 698. The van der Waals surface area contributed by atoms with E-state index in [4.69, 9.17) is 0 Å². The molecule has 7 nitrogen and oxygen atoms in total. The predicted molar refractivity (Wildman–Crippen MR) is 87.8 cm³/mol. The summed E-state index contributed by atoms with van der Waals surface area (Å²) in [6, 6.07) is 5.71. The summed E-state index contributed by atoms with van der Waals surface area (Å²) < 4.78 is 25.1. The van der Waals surface area contributed by atoms with Gasteiger partial charge in [0.1, 0.15) is 6.04 Å². The van der Waals surface area contributed by atoms with Gasteiger partial charge in [-0.3, -0.25) is 13.9 Å². The molecule has 1 saturated heterocycles.